The molecule has 1 N–H and O–H groups in total. The molecule has 0 aliphatic heterocycles. The first-order valence-electron chi connectivity index (χ1n) is 5.37. The van der Waals surface area contributed by atoms with E-state index in [1.165, 1.54) is 7.11 Å². The van der Waals surface area contributed by atoms with Crippen molar-refractivity contribution in [3.8, 4) is 5.75 Å². The van der Waals surface area contributed by atoms with Crippen LogP contribution in [0.3, 0.4) is 0 Å². The zero-order valence-electron chi connectivity index (χ0n) is 10.2. The van der Waals surface area contributed by atoms with Gasteiger partial charge in [0.05, 0.1) is 20.6 Å². The normalized spacial score (nSPS) is 10.5. The lowest BCUT2D eigenvalue weighted by Crippen LogP contribution is -2.04. The molecule has 2 aromatic rings. The van der Waals surface area contributed by atoms with Gasteiger partial charge in [-0.15, -0.1) is 0 Å². The number of H-pyrrole nitrogens is 1. The van der Waals surface area contributed by atoms with Crippen molar-refractivity contribution in [1.29, 1.82) is 0 Å². The highest BCUT2D eigenvalue weighted by Crippen LogP contribution is 2.26. The van der Waals surface area contributed by atoms with Crippen molar-refractivity contribution in [2.45, 2.75) is 13.3 Å². The van der Waals surface area contributed by atoms with Crippen LogP contribution < -0.4 is 4.74 Å². The molecule has 0 amide bonds. The summed E-state index contributed by atoms with van der Waals surface area (Å²) in [4.78, 5) is 14.6. The number of fused-ring (bicyclic) bond motifs is 1. The maximum atomic E-state index is 11.3. The van der Waals surface area contributed by atoms with Crippen LogP contribution in [0.15, 0.2) is 18.2 Å². The molecule has 0 aliphatic rings. The lowest BCUT2D eigenvalue weighted by Gasteiger charge is -2.01. The lowest BCUT2D eigenvalue weighted by molar-refractivity contribution is -0.139. The minimum atomic E-state index is -0.232. The second-order valence-corrected chi connectivity index (χ2v) is 3.89. The van der Waals surface area contributed by atoms with Gasteiger partial charge >= 0.3 is 5.97 Å². The van der Waals surface area contributed by atoms with Crippen molar-refractivity contribution >= 4 is 16.9 Å². The molecule has 1 aromatic carbocycles. The molecule has 0 spiro atoms. The topological polar surface area (TPSA) is 51.3 Å². The van der Waals surface area contributed by atoms with E-state index < -0.39 is 0 Å². The zero-order chi connectivity index (χ0) is 12.4. The molecule has 90 valence electrons. The number of benzene rings is 1. The van der Waals surface area contributed by atoms with Crippen molar-refractivity contribution in [2.24, 2.45) is 0 Å². The van der Waals surface area contributed by atoms with Crippen LogP contribution in [-0.2, 0) is 16.0 Å². The molecular weight excluding hydrogens is 218 g/mol. The zero-order valence-corrected chi connectivity index (χ0v) is 10.2. The Morgan fingerprint density at radius 2 is 2.12 bits per heavy atom. The van der Waals surface area contributed by atoms with Gasteiger partial charge in [0.2, 0.25) is 0 Å². The van der Waals surface area contributed by atoms with E-state index >= 15 is 0 Å². The van der Waals surface area contributed by atoms with Crippen LogP contribution in [0, 0.1) is 6.92 Å². The first kappa shape index (κ1) is 11.5. The molecule has 4 heteroatoms. The van der Waals surface area contributed by atoms with Crippen molar-refractivity contribution in [3.63, 3.8) is 0 Å². The van der Waals surface area contributed by atoms with Gasteiger partial charge in [0.1, 0.15) is 5.75 Å². The molecule has 0 fully saturated rings. The van der Waals surface area contributed by atoms with E-state index in [2.05, 4.69) is 4.98 Å². The van der Waals surface area contributed by atoms with Gasteiger partial charge in [-0.3, -0.25) is 4.79 Å². The smallest absolute Gasteiger partial charge is 0.310 e. The van der Waals surface area contributed by atoms with Gasteiger partial charge in [-0.1, -0.05) is 0 Å². The van der Waals surface area contributed by atoms with Crippen LogP contribution >= 0.6 is 0 Å². The molecular formula is C13H15NO3. The summed E-state index contributed by atoms with van der Waals surface area (Å²) in [7, 11) is 3.03. The highest BCUT2D eigenvalue weighted by Gasteiger charge is 2.12. The number of nitrogens with one attached hydrogen (secondary N) is 1. The molecule has 0 unspecified atom stereocenters. The van der Waals surface area contributed by atoms with E-state index in [1.807, 2.05) is 25.1 Å². The van der Waals surface area contributed by atoms with E-state index in [0.29, 0.717) is 0 Å². The Bertz CT molecular complexity index is 557. The predicted octanol–water partition coefficient (Wildman–Crippen LogP) is 2.20. The molecule has 1 aromatic heterocycles. The summed E-state index contributed by atoms with van der Waals surface area (Å²) in [5, 5.41) is 1.04. The molecule has 0 saturated carbocycles. The minimum absolute atomic E-state index is 0.232. The molecule has 0 aliphatic carbocycles. The average Bonchev–Trinajstić information content (AvgIpc) is 2.64. The standard InChI is InChI=1S/C13H15NO3/c1-8-11(7-13(15)17-3)10-5-4-9(16-2)6-12(10)14-8/h4-6,14H,7H2,1-3H3. The van der Waals surface area contributed by atoms with Crippen molar-refractivity contribution in [1.82, 2.24) is 4.98 Å². The van der Waals surface area contributed by atoms with Crippen LogP contribution in [-0.4, -0.2) is 25.2 Å². The quantitative estimate of drug-likeness (QED) is 0.827. The number of esters is 1. The fraction of sp³-hybridized carbons (Fsp3) is 0.308. The van der Waals surface area contributed by atoms with Crippen molar-refractivity contribution in [2.75, 3.05) is 14.2 Å². The Hall–Kier alpha value is -1.97. The lowest BCUT2D eigenvalue weighted by atomic mass is 10.1. The number of methoxy groups -OCH3 is 2. The fourth-order valence-corrected chi connectivity index (χ4v) is 1.94. The average molecular weight is 233 g/mol. The molecule has 4 nitrogen and oxygen atoms in total. The predicted molar refractivity (Wildman–Crippen MR) is 65.3 cm³/mol. The molecule has 17 heavy (non-hydrogen) atoms. The Morgan fingerprint density at radius 3 is 2.76 bits per heavy atom. The summed E-state index contributed by atoms with van der Waals surface area (Å²) in [5.74, 6) is 0.563. The third-order valence-electron chi connectivity index (χ3n) is 2.88. The Balaban J connectivity index is 2.48. The van der Waals surface area contributed by atoms with Crippen molar-refractivity contribution < 1.29 is 14.3 Å². The third-order valence-corrected chi connectivity index (χ3v) is 2.88. The molecule has 0 atom stereocenters. The number of ether oxygens (including phenoxy) is 2. The molecule has 1 heterocycles. The summed E-state index contributed by atoms with van der Waals surface area (Å²) >= 11 is 0. The first-order valence-corrected chi connectivity index (χ1v) is 5.37. The van der Waals surface area contributed by atoms with E-state index in [9.17, 15) is 4.79 Å². The van der Waals surface area contributed by atoms with Gasteiger partial charge in [-0.25, -0.2) is 0 Å². The van der Waals surface area contributed by atoms with E-state index in [1.54, 1.807) is 7.11 Å². The van der Waals surface area contributed by atoms with Gasteiger partial charge in [0.15, 0.2) is 0 Å². The van der Waals surface area contributed by atoms with E-state index in [4.69, 9.17) is 9.47 Å². The molecule has 0 saturated heterocycles. The maximum Gasteiger partial charge on any atom is 0.310 e. The molecule has 0 bridgehead atoms. The van der Waals surface area contributed by atoms with Gasteiger partial charge < -0.3 is 14.5 Å². The summed E-state index contributed by atoms with van der Waals surface area (Å²) in [5.41, 5.74) is 2.94. The largest absolute Gasteiger partial charge is 0.497 e. The molecule has 2 rings (SSSR count). The number of hydrogen-bond acceptors (Lipinski definition) is 3. The van der Waals surface area contributed by atoms with Crippen LogP contribution in [0.4, 0.5) is 0 Å². The number of aromatic nitrogens is 1. The summed E-state index contributed by atoms with van der Waals surface area (Å²) < 4.78 is 9.86. The van der Waals surface area contributed by atoms with Crippen LogP contribution in [0.2, 0.25) is 0 Å². The highest BCUT2D eigenvalue weighted by atomic mass is 16.5. The van der Waals surface area contributed by atoms with Crippen molar-refractivity contribution in [3.05, 3.63) is 29.5 Å². The van der Waals surface area contributed by atoms with E-state index in [-0.39, 0.29) is 12.4 Å². The second-order valence-electron chi connectivity index (χ2n) is 3.89. The van der Waals surface area contributed by atoms with E-state index in [0.717, 1.165) is 27.9 Å². The van der Waals surface area contributed by atoms with Gasteiger partial charge in [0.25, 0.3) is 0 Å². The molecule has 0 radical (unpaired) electrons. The number of hydrogen-bond donors (Lipinski definition) is 1. The van der Waals surface area contributed by atoms with Gasteiger partial charge in [0, 0.05) is 22.7 Å². The van der Waals surface area contributed by atoms with Gasteiger partial charge in [-0.2, -0.15) is 0 Å². The maximum absolute atomic E-state index is 11.3. The van der Waals surface area contributed by atoms with Crippen LogP contribution in [0.25, 0.3) is 10.9 Å². The van der Waals surface area contributed by atoms with Crippen LogP contribution in [0.1, 0.15) is 11.3 Å². The fourth-order valence-electron chi connectivity index (χ4n) is 1.94. The Labute approximate surface area is 99.5 Å². The Kier molecular flexibility index (Phi) is 3.04. The number of rotatable bonds is 3. The third kappa shape index (κ3) is 2.11. The SMILES string of the molecule is COC(=O)Cc1c(C)[nH]c2cc(OC)ccc12. The second kappa shape index (κ2) is 4.49. The number of aryl methyl sites for hydroxylation is 1. The summed E-state index contributed by atoms with van der Waals surface area (Å²) in [6.45, 7) is 1.95. The highest BCUT2D eigenvalue weighted by molar-refractivity contribution is 5.89. The first-order chi connectivity index (χ1) is 8.15. The number of carbonyl (C=O) groups is 1. The number of aromatic amines is 1. The Morgan fingerprint density at radius 1 is 1.35 bits per heavy atom. The minimum Gasteiger partial charge on any atom is -0.497 e. The number of carbonyl (C=O) groups excluding carboxylic acids is 1. The summed E-state index contributed by atoms with van der Waals surface area (Å²) in [6, 6.07) is 5.76. The summed E-state index contributed by atoms with van der Waals surface area (Å²) in [6.07, 6.45) is 0.286. The monoisotopic (exact) mass is 233 g/mol. The van der Waals surface area contributed by atoms with Crippen LogP contribution in [0.5, 0.6) is 5.75 Å². The van der Waals surface area contributed by atoms with Gasteiger partial charge in [-0.05, 0) is 24.6 Å².